The van der Waals surface area contributed by atoms with Crippen molar-refractivity contribution in [2.45, 2.75) is 54.0 Å². The summed E-state index contributed by atoms with van der Waals surface area (Å²) in [7, 11) is 0. The van der Waals surface area contributed by atoms with E-state index < -0.39 is 5.91 Å². The van der Waals surface area contributed by atoms with Gasteiger partial charge < -0.3 is 10.2 Å². The van der Waals surface area contributed by atoms with Crippen molar-refractivity contribution in [2.24, 2.45) is 0 Å². The van der Waals surface area contributed by atoms with Gasteiger partial charge >= 0.3 is 0 Å². The molecular weight excluding hydrogens is 382 g/mol. The maximum atomic E-state index is 12.8. The molecule has 4 heteroatoms. The lowest BCUT2D eigenvalue weighted by Gasteiger charge is -2.43. The van der Waals surface area contributed by atoms with Gasteiger partial charge in [-0.05, 0) is 107 Å². The second kappa shape index (κ2) is 8.43. The first-order valence-electron chi connectivity index (χ1n) is 10.7. The number of anilines is 2. The van der Waals surface area contributed by atoms with Crippen molar-refractivity contribution in [2.75, 3.05) is 16.8 Å². The molecule has 0 atom stereocenters. The van der Waals surface area contributed by atoms with Gasteiger partial charge in [0.25, 0.3) is 5.91 Å². The highest BCUT2D eigenvalue weighted by molar-refractivity contribution is 6.10. The molecule has 2 aromatic rings. The van der Waals surface area contributed by atoms with Gasteiger partial charge in [0.15, 0.2) is 0 Å². The van der Waals surface area contributed by atoms with Crippen molar-refractivity contribution >= 4 is 28.9 Å². The molecule has 4 nitrogen and oxygen atoms in total. The van der Waals surface area contributed by atoms with Crippen LogP contribution in [0.2, 0.25) is 0 Å². The topological polar surface area (TPSA) is 56.1 Å². The van der Waals surface area contributed by atoms with E-state index in [1.165, 1.54) is 11.3 Å². The van der Waals surface area contributed by atoms with E-state index in [9.17, 15) is 10.1 Å². The molecule has 1 aliphatic rings. The average Bonchev–Trinajstić information content (AvgIpc) is 2.69. The number of nitriles is 1. The summed E-state index contributed by atoms with van der Waals surface area (Å²) in [5, 5.41) is 12.5. The summed E-state index contributed by atoms with van der Waals surface area (Å²) >= 11 is 0. The van der Waals surface area contributed by atoms with Crippen molar-refractivity contribution in [1.29, 1.82) is 5.26 Å². The van der Waals surface area contributed by atoms with Gasteiger partial charge in [-0.3, -0.25) is 4.79 Å². The van der Waals surface area contributed by atoms with Crippen LogP contribution in [0.4, 0.5) is 11.4 Å². The number of allylic oxidation sites excluding steroid dienone is 1. The van der Waals surface area contributed by atoms with Gasteiger partial charge in [0.05, 0.1) is 5.54 Å². The highest BCUT2D eigenvalue weighted by Gasteiger charge is 2.30. The summed E-state index contributed by atoms with van der Waals surface area (Å²) in [4.78, 5) is 15.2. The highest BCUT2D eigenvalue weighted by Crippen LogP contribution is 2.40. The van der Waals surface area contributed by atoms with Crippen LogP contribution in [-0.4, -0.2) is 18.0 Å². The SMILES string of the molecule is CCN1c2cc(C)c(/C=C(/C#N)C(=O)Nc3ccc(C)c(C)c3)cc2C(C)=CC1(C)C. The van der Waals surface area contributed by atoms with Gasteiger partial charge in [0, 0.05) is 23.5 Å². The number of benzene rings is 2. The van der Waals surface area contributed by atoms with Crippen LogP contribution in [0.3, 0.4) is 0 Å². The van der Waals surface area contributed by atoms with Gasteiger partial charge in [-0.1, -0.05) is 12.1 Å². The Labute approximate surface area is 185 Å². The minimum absolute atomic E-state index is 0.0561. The van der Waals surface area contributed by atoms with E-state index in [0.29, 0.717) is 5.69 Å². The Kier molecular flexibility index (Phi) is 6.08. The lowest BCUT2D eigenvalue weighted by atomic mass is 9.86. The number of hydrogen-bond donors (Lipinski definition) is 1. The summed E-state index contributed by atoms with van der Waals surface area (Å²) in [5.41, 5.74) is 8.44. The van der Waals surface area contributed by atoms with E-state index in [2.05, 4.69) is 62.2 Å². The molecule has 0 aromatic heterocycles. The van der Waals surface area contributed by atoms with Crippen molar-refractivity contribution < 1.29 is 4.79 Å². The molecule has 0 spiro atoms. The first-order valence-corrected chi connectivity index (χ1v) is 10.7. The fourth-order valence-electron chi connectivity index (χ4n) is 4.30. The Bertz CT molecular complexity index is 1150. The third-order valence-corrected chi connectivity index (χ3v) is 6.11. The van der Waals surface area contributed by atoms with Crippen LogP contribution in [0.1, 0.15) is 55.5 Å². The van der Waals surface area contributed by atoms with Crippen LogP contribution in [0.15, 0.2) is 42.0 Å². The molecule has 160 valence electrons. The van der Waals surface area contributed by atoms with Crippen molar-refractivity contribution in [3.05, 3.63) is 69.8 Å². The van der Waals surface area contributed by atoms with Crippen LogP contribution in [-0.2, 0) is 4.79 Å². The van der Waals surface area contributed by atoms with Crippen LogP contribution < -0.4 is 10.2 Å². The highest BCUT2D eigenvalue weighted by atomic mass is 16.1. The summed E-state index contributed by atoms with van der Waals surface area (Å²) < 4.78 is 0. The average molecular weight is 414 g/mol. The molecular formula is C27H31N3O. The van der Waals surface area contributed by atoms with Gasteiger partial charge in [0.2, 0.25) is 0 Å². The lowest BCUT2D eigenvalue weighted by Crippen LogP contribution is -2.44. The van der Waals surface area contributed by atoms with E-state index in [1.807, 2.05) is 39.0 Å². The molecule has 0 aliphatic carbocycles. The number of likely N-dealkylation sites (N-methyl/N-ethyl adjacent to an activating group) is 1. The number of rotatable bonds is 4. The maximum Gasteiger partial charge on any atom is 0.266 e. The molecule has 1 N–H and O–H groups in total. The third kappa shape index (κ3) is 4.41. The Hall–Kier alpha value is -3.32. The third-order valence-electron chi connectivity index (χ3n) is 6.11. The summed E-state index contributed by atoms with van der Waals surface area (Å²) in [6.45, 7) is 15.7. The van der Waals surface area contributed by atoms with Gasteiger partial charge in [-0.2, -0.15) is 5.26 Å². The zero-order chi connectivity index (χ0) is 22.9. The number of nitrogens with zero attached hydrogens (tertiary/aromatic N) is 2. The molecule has 1 amide bonds. The molecule has 2 aromatic carbocycles. The minimum atomic E-state index is -0.397. The number of amides is 1. The van der Waals surface area contributed by atoms with E-state index in [-0.39, 0.29) is 11.1 Å². The number of hydrogen-bond acceptors (Lipinski definition) is 3. The summed E-state index contributed by atoms with van der Waals surface area (Å²) in [5.74, 6) is -0.397. The smallest absolute Gasteiger partial charge is 0.266 e. The van der Waals surface area contributed by atoms with E-state index in [4.69, 9.17) is 0 Å². The maximum absolute atomic E-state index is 12.8. The predicted octanol–water partition coefficient (Wildman–Crippen LogP) is 6.18. The standard InChI is InChI=1S/C27H31N3O/c1-8-30-25-12-19(4)21(14-24(25)20(5)15-27(30,6)7)13-22(16-28)26(31)29-23-10-9-17(2)18(3)11-23/h9-15H,8H2,1-7H3,(H,29,31)/b22-13-. The lowest BCUT2D eigenvalue weighted by molar-refractivity contribution is -0.112. The zero-order valence-electron chi connectivity index (χ0n) is 19.6. The van der Waals surface area contributed by atoms with Crippen molar-refractivity contribution in [1.82, 2.24) is 0 Å². The molecule has 0 unspecified atom stereocenters. The van der Waals surface area contributed by atoms with Crippen LogP contribution in [0.5, 0.6) is 0 Å². The number of carbonyl (C=O) groups is 1. The van der Waals surface area contributed by atoms with Crippen LogP contribution in [0.25, 0.3) is 11.6 Å². The van der Waals surface area contributed by atoms with Crippen LogP contribution in [0, 0.1) is 32.1 Å². The van der Waals surface area contributed by atoms with Crippen molar-refractivity contribution in [3.8, 4) is 6.07 Å². The van der Waals surface area contributed by atoms with Gasteiger partial charge in [-0.15, -0.1) is 0 Å². The molecule has 3 rings (SSSR count). The fraction of sp³-hybridized carbons (Fsp3) is 0.333. The first kappa shape index (κ1) is 22.4. The van der Waals surface area contributed by atoms with Crippen LogP contribution >= 0.6 is 0 Å². The molecule has 0 fully saturated rings. The minimum Gasteiger partial charge on any atom is -0.363 e. The second-order valence-corrected chi connectivity index (χ2v) is 8.87. The van der Waals surface area contributed by atoms with Gasteiger partial charge in [0.1, 0.15) is 11.6 Å². The number of aryl methyl sites for hydroxylation is 3. The molecule has 1 aliphatic heterocycles. The van der Waals surface area contributed by atoms with Crippen molar-refractivity contribution in [3.63, 3.8) is 0 Å². The molecule has 31 heavy (non-hydrogen) atoms. The second-order valence-electron chi connectivity index (χ2n) is 8.87. The van der Waals surface area contributed by atoms with Gasteiger partial charge in [-0.25, -0.2) is 0 Å². The monoisotopic (exact) mass is 413 g/mol. The molecule has 0 saturated heterocycles. The largest absolute Gasteiger partial charge is 0.363 e. The number of fused-ring (bicyclic) bond motifs is 1. The Balaban J connectivity index is 1.98. The fourth-order valence-corrected chi connectivity index (χ4v) is 4.30. The number of nitrogens with one attached hydrogen (secondary N) is 1. The Morgan fingerprint density at radius 2 is 1.81 bits per heavy atom. The first-order chi connectivity index (χ1) is 14.6. The van der Waals surface area contributed by atoms with E-state index in [1.54, 1.807) is 6.08 Å². The summed E-state index contributed by atoms with van der Waals surface area (Å²) in [6, 6.07) is 12.1. The Morgan fingerprint density at radius 3 is 2.42 bits per heavy atom. The number of carbonyl (C=O) groups excluding carboxylic acids is 1. The normalized spacial score (nSPS) is 15.1. The quantitative estimate of drug-likeness (QED) is 0.481. The molecule has 1 heterocycles. The van der Waals surface area contributed by atoms with E-state index >= 15 is 0 Å². The zero-order valence-corrected chi connectivity index (χ0v) is 19.6. The molecule has 0 radical (unpaired) electrons. The summed E-state index contributed by atoms with van der Waals surface area (Å²) in [6.07, 6.45) is 3.97. The molecule has 0 bridgehead atoms. The Morgan fingerprint density at radius 1 is 1.10 bits per heavy atom. The van der Waals surface area contributed by atoms with E-state index in [0.717, 1.165) is 34.4 Å². The predicted molar refractivity (Wildman–Crippen MR) is 130 cm³/mol. The molecule has 0 saturated carbocycles.